The zero-order valence-electron chi connectivity index (χ0n) is 14.9. The van der Waals surface area contributed by atoms with Gasteiger partial charge in [-0.3, -0.25) is 4.79 Å². The Kier molecular flexibility index (Phi) is 5.52. The molecule has 2 atom stereocenters. The minimum Gasteiger partial charge on any atom is -0.481 e. The van der Waals surface area contributed by atoms with Crippen molar-refractivity contribution < 1.29 is 19.4 Å². The molecule has 1 N–H and O–H groups in total. The van der Waals surface area contributed by atoms with E-state index >= 15 is 0 Å². The Hall–Kier alpha value is -2.04. The van der Waals surface area contributed by atoms with Crippen LogP contribution in [0, 0.1) is 5.92 Å². The number of amides is 1. The molecule has 0 spiro atoms. The lowest BCUT2D eigenvalue weighted by Gasteiger charge is -2.37. The lowest BCUT2D eigenvalue weighted by Crippen LogP contribution is -2.48. The minimum absolute atomic E-state index is 0.0931. The molecule has 1 aromatic rings. The maximum absolute atomic E-state index is 12.0. The highest BCUT2D eigenvalue weighted by molar-refractivity contribution is 5.72. The van der Waals surface area contributed by atoms with Crippen molar-refractivity contribution in [1.82, 2.24) is 4.90 Å². The van der Waals surface area contributed by atoms with E-state index in [1.54, 1.807) is 4.90 Å². The van der Waals surface area contributed by atoms with Crippen LogP contribution in [0.25, 0.3) is 0 Å². The number of aliphatic carboxylic acids is 1. The van der Waals surface area contributed by atoms with Gasteiger partial charge in [-0.2, -0.15) is 0 Å². The molecule has 5 nitrogen and oxygen atoms in total. The number of methoxy groups -OCH3 is 1. The van der Waals surface area contributed by atoms with E-state index in [-0.39, 0.29) is 17.6 Å². The van der Waals surface area contributed by atoms with Crippen LogP contribution < -0.4 is 0 Å². The van der Waals surface area contributed by atoms with Crippen molar-refractivity contribution in [1.29, 1.82) is 0 Å². The molecule has 0 aliphatic carbocycles. The molecular weight excluding hydrogens is 306 g/mol. The number of likely N-dealkylation sites (tertiary alicyclic amines) is 1. The van der Waals surface area contributed by atoms with Crippen molar-refractivity contribution in [3.8, 4) is 0 Å². The first-order valence-electron chi connectivity index (χ1n) is 8.39. The van der Waals surface area contributed by atoms with Crippen molar-refractivity contribution in [2.24, 2.45) is 5.92 Å². The normalized spacial score (nSPS) is 21.4. The van der Waals surface area contributed by atoms with Crippen molar-refractivity contribution >= 4 is 12.1 Å². The molecular formula is C19H27NO4. The van der Waals surface area contributed by atoms with Crippen LogP contribution in [0.2, 0.25) is 0 Å². The van der Waals surface area contributed by atoms with Crippen molar-refractivity contribution in [3.05, 3.63) is 35.4 Å². The maximum Gasteiger partial charge on any atom is 0.409 e. The van der Waals surface area contributed by atoms with E-state index in [9.17, 15) is 14.7 Å². The van der Waals surface area contributed by atoms with Gasteiger partial charge in [-0.25, -0.2) is 4.79 Å². The van der Waals surface area contributed by atoms with E-state index in [1.807, 2.05) is 0 Å². The summed E-state index contributed by atoms with van der Waals surface area (Å²) in [5, 5.41) is 9.30. The highest BCUT2D eigenvalue weighted by atomic mass is 16.5. The Morgan fingerprint density at radius 1 is 1.25 bits per heavy atom. The van der Waals surface area contributed by atoms with Gasteiger partial charge in [0.25, 0.3) is 0 Å². The molecule has 1 heterocycles. The van der Waals surface area contributed by atoms with Crippen molar-refractivity contribution in [2.75, 3.05) is 13.7 Å². The molecule has 1 aliphatic heterocycles. The molecule has 0 radical (unpaired) electrons. The summed E-state index contributed by atoms with van der Waals surface area (Å²) in [5.74, 6) is -1.18. The van der Waals surface area contributed by atoms with Gasteiger partial charge in [-0.1, -0.05) is 45.0 Å². The fraction of sp³-hybridized carbons (Fsp3) is 0.579. The topological polar surface area (TPSA) is 66.8 Å². The van der Waals surface area contributed by atoms with Gasteiger partial charge in [0.2, 0.25) is 0 Å². The van der Waals surface area contributed by atoms with Gasteiger partial charge in [0.1, 0.15) is 0 Å². The monoisotopic (exact) mass is 333 g/mol. The zero-order valence-corrected chi connectivity index (χ0v) is 14.9. The predicted molar refractivity (Wildman–Crippen MR) is 92.1 cm³/mol. The van der Waals surface area contributed by atoms with Gasteiger partial charge in [0.05, 0.1) is 13.0 Å². The lowest BCUT2D eigenvalue weighted by molar-refractivity contribution is -0.144. The molecule has 1 amide bonds. The molecule has 0 bridgehead atoms. The van der Waals surface area contributed by atoms with E-state index in [1.165, 1.54) is 12.7 Å². The Balaban J connectivity index is 2.15. The average molecular weight is 333 g/mol. The van der Waals surface area contributed by atoms with Crippen LogP contribution in [0.1, 0.15) is 44.7 Å². The molecule has 132 valence electrons. The van der Waals surface area contributed by atoms with Gasteiger partial charge >= 0.3 is 12.1 Å². The fourth-order valence-electron chi connectivity index (χ4n) is 3.24. The highest BCUT2D eigenvalue weighted by Crippen LogP contribution is 2.28. The third-order valence-corrected chi connectivity index (χ3v) is 4.77. The van der Waals surface area contributed by atoms with Crippen molar-refractivity contribution in [3.63, 3.8) is 0 Å². The first-order chi connectivity index (χ1) is 11.2. The van der Waals surface area contributed by atoms with Crippen LogP contribution >= 0.6 is 0 Å². The summed E-state index contributed by atoms with van der Waals surface area (Å²) < 4.78 is 4.86. The number of carbonyl (C=O) groups is 2. The van der Waals surface area contributed by atoms with Crippen molar-refractivity contribution in [2.45, 2.75) is 51.5 Å². The third kappa shape index (κ3) is 4.28. The van der Waals surface area contributed by atoms with E-state index in [2.05, 4.69) is 45.0 Å². The van der Waals surface area contributed by atoms with Crippen LogP contribution in [0.15, 0.2) is 24.3 Å². The van der Waals surface area contributed by atoms with E-state index in [0.29, 0.717) is 25.8 Å². The molecule has 24 heavy (non-hydrogen) atoms. The second kappa shape index (κ2) is 7.24. The minimum atomic E-state index is -0.785. The lowest BCUT2D eigenvalue weighted by atomic mass is 9.85. The number of nitrogens with zero attached hydrogens (tertiary/aromatic N) is 1. The number of rotatable bonds is 3. The van der Waals surface area contributed by atoms with Crippen LogP contribution in [0.5, 0.6) is 0 Å². The first kappa shape index (κ1) is 18.3. The summed E-state index contributed by atoms with van der Waals surface area (Å²) >= 11 is 0. The number of benzene rings is 1. The highest BCUT2D eigenvalue weighted by Gasteiger charge is 2.35. The Bertz CT molecular complexity index is 588. The molecule has 2 unspecified atom stereocenters. The zero-order chi connectivity index (χ0) is 17.9. The smallest absolute Gasteiger partial charge is 0.409 e. The molecule has 1 aliphatic rings. The predicted octanol–water partition coefficient (Wildman–Crippen LogP) is 3.46. The standard InChI is InChI=1S/C19H27NO4/c1-19(2,3)15-7-5-13(6-8-15)11-16-12-14(17(21)22)9-10-20(16)18(23)24-4/h5-8,14,16H,9-12H2,1-4H3,(H,21,22). The van der Waals surface area contributed by atoms with Crippen LogP contribution in [-0.4, -0.2) is 41.8 Å². The quantitative estimate of drug-likeness (QED) is 0.920. The van der Waals surface area contributed by atoms with Crippen LogP contribution in [-0.2, 0) is 21.4 Å². The number of carboxylic acid groups (broad SMARTS) is 1. The van der Waals surface area contributed by atoms with Gasteiger partial charge < -0.3 is 14.7 Å². The number of carbonyl (C=O) groups excluding carboxylic acids is 1. The maximum atomic E-state index is 12.0. The Labute approximate surface area is 143 Å². The number of hydrogen-bond donors (Lipinski definition) is 1. The molecule has 2 rings (SSSR count). The number of ether oxygens (including phenoxy) is 1. The second-order valence-electron chi connectivity index (χ2n) is 7.53. The first-order valence-corrected chi connectivity index (χ1v) is 8.39. The van der Waals surface area contributed by atoms with Gasteiger partial charge in [-0.15, -0.1) is 0 Å². The van der Waals surface area contributed by atoms with Gasteiger partial charge in [-0.05, 0) is 35.8 Å². The Morgan fingerprint density at radius 2 is 1.88 bits per heavy atom. The molecule has 1 saturated heterocycles. The van der Waals surface area contributed by atoms with E-state index in [4.69, 9.17) is 4.74 Å². The van der Waals surface area contributed by atoms with E-state index < -0.39 is 11.9 Å². The van der Waals surface area contributed by atoms with Crippen LogP contribution in [0.3, 0.4) is 0 Å². The fourth-order valence-corrected chi connectivity index (χ4v) is 3.24. The SMILES string of the molecule is COC(=O)N1CCC(C(=O)O)CC1Cc1ccc(C(C)(C)C)cc1. The second-order valence-corrected chi connectivity index (χ2v) is 7.53. The summed E-state index contributed by atoms with van der Waals surface area (Å²) in [4.78, 5) is 25.0. The summed E-state index contributed by atoms with van der Waals surface area (Å²) in [6, 6.07) is 8.21. The summed E-state index contributed by atoms with van der Waals surface area (Å²) in [5.41, 5.74) is 2.45. The number of piperidine rings is 1. The number of hydrogen-bond acceptors (Lipinski definition) is 3. The van der Waals surface area contributed by atoms with Gasteiger partial charge in [0, 0.05) is 12.6 Å². The van der Waals surface area contributed by atoms with Crippen LogP contribution in [0.4, 0.5) is 4.79 Å². The average Bonchev–Trinajstić information content (AvgIpc) is 2.53. The summed E-state index contributed by atoms with van der Waals surface area (Å²) in [6.07, 6.45) is 1.20. The summed E-state index contributed by atoms with van der Waals surface area (Å²) in [7, 11) is 1.36. The largest absolute Gasteiger partial charge is 0.481 e. The molecule has 0 saturated carbocycles. The summed E-state index contributed by atoms with van der Waals surface area (Å²) in [6.45, 7) is 6.92. The molecule has 0 aromatic heterocycles. The molecule has 5 heteroatoms. The Morgan fingerprint density at radius 3 is 2.38 bits per heavy atom. The van der Waals surface area contributed by atoms with E-state index in [0.717, 1.165) is 5.56 Å². The number of carboxylic acids is 1. The molecule has 1 fully saturated rings. The third-order valence-electron chi connectivity index (χ3n) is 4.77. The van der Waals surface area contributed by atoms with Gasteiger partial charge in [0.15, 0.2) is 0 Å². The molecule has 1 aromatic carbocycles.